The number of carbonyl (C=O) groups excluding carboxylic acids is 2. The number of methoxy groups -OCH3 is 1. The van der Waals surface area contributed by atoms with Crippen molar-refractivity contribution in [3.8, 4) is 0 Å². The molecule has 29 heavy (non-hydrogen) atoms. The number of esters is 2. The molecule has 5 heteroatoms. The van der Waals surface area contributed by atoms with Crippen LogP contribution in [0, 0.1) is 0 Å². The minimum atomic E-state index is -0.142. The number of rotatable bonds is 22. The Kier molecular flexibility index (Phi) is 22.3. The van der Waals surface area contributed by atoms with Gasteiger partial charge in [-0.25, -0.2) is 0 Å². The molecule has 0 radical (unpaired) electrons. The first-order valence-corrected chi connectivity index (χ1v) is 12.0. The van der Waals surface area contributed by atoms with E-state index in [4.69, 9.17) is 14.2 Å². The van der Waals surface area contributed by atoms with Crippen LogP contribution in [0.2, 0.25) is 0 Å². The molecule has 0 atom stereocenters. The van der Waals surface area contributed by atoms with Crippen molar-refractivity contribution >= 4 is 11.9 Å². The van der Waals surface area contributed by atoms with E-state index in [1.165, 1.54) is 51.4 Å². The van der Waals surface area contributed by atoms with Gasteiger partial charge in [-0.15, -0.1) is 0 Å². The lowest BCUT2D eigenvalue weighted by Gasteiger charge is -2.06. The van der Waals surface area contributed by atoms with E-state index >= 15 is 0 Å². The number of unbranched alkanes of at least 4 members (excludes halogenated alkanes) is 13. The van der Waals surface area contributed by atoms with Gasteiger partial charge in [-0.2, -0.15) is 0 Å². The molecule has 172 valence electrons. The van der Waals surface area contributed by atoms with Crippen LogP contribution in [0.15, 0.2) is 0 Å². The van der Waals surface area contributed by atoms with E-state index in [0.29, 0.717) is 32.7 Å². The van der Waals surface area contributed by atoms with Crippen LogP contribution in [0.3, 0.4) is 0 Å². The Morgan fingerprint density at radius 1 is 0.517 bits per heavy atom. The van der Waals surface area contributed by atoms with Crippen molar-refractivity contribution in [1.29, 1.82) is 0 Å². The Hall–Kier alpha value is -1.10. The van der Waals surface area contributed by atoms with E-state index in [1.807, 2.05) is 0 Å². The van der Waals surface area contributed by atoms with E-state index in [0.717, 1.165) is 44.9 Å². The Morgan fingerprint density at radius 2 is 0.931 bits per heavy atom. The highest BCUT2D eigenvalue weighted by Crippen LogP contribution is 2.11. The maximum atomic E-state index is 11.7. The molecule has 0 aliphatic heterocycles. The highest BCUT2D eigenvalue weighted by atomic mass is 16.6. The van der Waals surface area contributed by atoms with Crippen molar-refractivity contribution in [3.05, 3.63) is 0 Å². The second-order valence-electron chi connectivity index (χ2n) is 7.88. The van der Waals surface area contributed by atoms with Crippen molar-refractivity contribution in [2.45, 2.75) is 116 Å². The lowest BCUT2D eigenvalue weighted by atomic mass is 10.1. The van der Waals surface area contributed by atoms with Gasteiger partial charge in [0.2, 0.25) is 0 Å². The predicted molar refractivity (Wildman–Crippen MR) is 118 cm³/mol. The fourth-order valence-corrected chi connectivity index (χ4v) is 3.23. The molecule has 0 aromatic carbocycles. The quantitative estimate of drug-likeness (QED) is 0.152. The summed E-state index contributed by atoms with van der Waals surface area (Å²) in [6.07, 6.45) is 18.5. The Bertz CT molecular complexity index is 370. The van der Waals surface area contributed by atoms with Gasteiger partial charge >= 0.3 is 11.9 Å². The molecule has 0 saturated carbocycles. The maximum Gasteiger partial charge on any atom is 0.305 e. The topological polar surface area (TPSA) is 61.8 Å². The van der Waals surface area contributed by atoms with Gasteiger partial charge in [0, 0.05) is 20.0 Å². The molecule has 0 aromatic rings. The molecule has 0 N–H and O–H groups in total. The summed E-state index contributed by atoms with van der Waals surface area (Å²) < 4.78 is 15.2. The fraction of sp³-hybridized carbons (Fsp3) is 0.917. The molecule has 0 bridgehead atoms. The smallest absolute Gasteiger partial charge is 0.305 e. The van der Waals surface area contributed by atoms with Gasteiger partial charge in [-0.05, 0) is 19.3 Å². The third kappa shape index (κ3) is 23.0. The standard InChI is InChI=1S/C24H46O5/c1-3-4-5-6-7-8-11-14-17-20-28-23(25)18-15-12-9-10-13-16-19-24(26)29-22-21-27-2/h3-22H2,1-2H3. The largest absolute Gasteiger partial charge is 0.466 e. The minimum absolute atomic E-state index is 0.0524. The monoisotopic (exact) mass is 414 g/mol. The van der Waals surface area contributed by atoms with Crippen LogP contribution >= 0.6 is 0 Å². The average molecular weight is 415 g/mol. The summed E-state index contributed by atoms with van der Waals surface area (Å²) in [4.78, 5) is 23.1. The van der Waals surface area contributed by atoms with E-state index in [9.17, 15) is 9.59 Å². The summed E-state index contributed by atoms with van der Waals surface area (Å²) in [6, 6.07) is 0. The van der Waals surface area contributed by atoms with Gasteiger partial charge in [0.05, 0.1) is 13.2 Å². The van der Waals surface area contributed by atoms with Gasteiger partial charge in [0.25, 0.3) is 0 Å². The molecule has 0 amide bonds. The van der Waals surface area contributed by atoms with Crippen molar-refractivity contribution in [2.24, 2.45) is 0 Å². The molecule has 0 aliphatic rings. The summed E-state index contributed by atoms with van der Waals surface area (Å²) in [5, 5.41) is 0. The van der Waals surface area contributed by atoms with Gasteiger partial charge in [0.1, 0.15) is 6.61 Å². The molecule has 0 heterocycles. The van der Waals surface area contributed by atoms with Crippen LogP contribution in [-0.2, 0) is 23.8 Å². The van der Waals surface area contributed by atoms with Gasteiger partial charge < -0.3 is 14.2 Å². The molecule has 0 saturated heterocycles. The molecule has 0 rings (SSSR count). The van der Waals surface area contributed by atoms with Crippen LogP contribution in [0.1, 0.15) is 116 Å². The maximum absolute atomic E-state index is 11.7. The van der Waals surface area contributed by atoms with E-state index in [-0.39, 0.29) is 11.9 Å². The minimum Gasteiger partial charge on any atom is -0.466 e. The average Bonchev–Trinajstić information content (AvgIpc) is 2.71. The van der Waals surface area contributed by atoms with Crippen LogP contribution < -0.4 is 0 Å². The molecule has 0 spiro atoms. The Labute approximate surface area is 179 Å². The normalized spacial score (nSPS) is 10.8. The zero-order chi connectivity index (χ0) is 21.4. The molecule has 0 aliphatic carbocycles. The summed E-state index contributed by atoms with van der Waals surface area (Å²) in [5.74, 6) is -0.194. The number of hydrogen-bond donors (Lipinski definition) is 0. The number of ether oxygens (including phenoxy) is 3. The first-order valence-electron chi connectivity index (χ1n) is 12.0. The van der Waals surface area contributed by atoms with E-state index in [2.05, 4.69) is 6.92 Å². The summed E-state index contributed by atoms with van der Waals surface area (Å²) in [7, 11) is 1.59. The van der Waals surface area contributed by atoms with Gasteiger partial charge in [-0.3, -0.25) is 9.59 Å². The van der Waals surface area contributed by atoms with Crippen molar-refractivity contribution in [1.82, 2.24) is 0 Å². The molecular weight excluding hydrogens is 368 g/mol. The summed E-state index contributed by atoms with van der Waals surface area (Å²) >= 11 is 0. The van der Waals surface area contributed by atoms with Crippen molar-refractivity contribution in [2.75, 3.05) is 26.9 Å². The zero-order valence-corrected chi connectivity index (χ0v) is 19.2. The Balaban J connectivity index is 3.23. The highest BCUT2D eigenvalue weighted by Gasteiger charge is 2.04. The molecule has 0 aromatic heterocycles. The lowest BCUT2D eigenvalue weighted by Crippen LogP contribution is -2.09. The van der Waals surface area contributed by atoms with Crippen LogP contribution in [0.5, 0.6) is 0 Å². The predicted octanol–water partition coefficient (Wildman–Crippen LogP) is 6.37. The molecule has 5 nitrogen and oxygen atoms in total. The highest BCUT2D eigenvalue weighted by molar-refractivity contribution is 5.69. The zero-order valence-electron chi connectivity index (χ0n) is 19.2. The number of hydrogen-bond acceptors (Lipinski definition) is 5. The van der Waals surface area contributed by atoms with Crippen molar-refractivity contribution < 1.29 is 23.8 Å². The second kappa shape index (κ2) is 23.2. The van der Waals surface area contributed by atoms with Crippen LogP contribution in [0.25, 0.3) is 0 Å². The summed E-state index contributed by atoms with van der Waals surface area (Å²) in [6.45, 7) is 3.61. The van der Waals surface area contributed by atoms with Gasteiger partial charge in [-0.1, -0.05) is 84.0 Å². The first-order chi connectivity index (χ1) is 14.2. The fourth-order valence-electron chi connectivity index (χ4n) is 3.23. The third-order valence-electron chi connectivity index (χ3n) is 5.07. The molecular formula is C24H46O5. The van der Waals surface area contributed by atoms with E-state index < -0.39 is 0 Å². The third-order valence-corrected chi connectivity index (χ3v) is 5.07. The second-order valence-corrected chi connectivity index (χ2v) is 7.88. The van der Waals surface area contributed by atoms with Crippen molar-refractivity contribution in [3.63, 3.8) is 0 Å². The van der Waals surface area contributed by atoms with Crippen LogP contribution in [-0.4, -0.2) is 38.9 Å². The number of carbonyl (C=O) groups is 2. The lowest BCUT2D eigenvalue weighted by molar-refractivity contribution is -0.145. The first kappa shape index (κ1) is 27.9. The summed E-state index contributed by atoms with van der Waals surface area (Å²) in [5.41, 5.74) is 0. The SMILES string of the molecule is CCCCCCCCCCCOC(=O)CCCCCCCCC(=O)OCCOC. The molecule has 0 unspecified atom stereocenters. The van der Waals surface area contributed by atoms with Gasteiger partial charge in [0.15, 0.2) is 0 Å². The van der Waals surface area contributed by atoms with Crippen LogP contribution in [0.4, 0.5) is 0 Å². The van der Waals surface area contributed by atoms with E-state index in [1.54, 1.807) is 7.11 Å². The Morgan fingerprint density at radius 3 is 1.41 bits per heavy atom. The molecule has 0 fully saturated rings.